The molecule has 0 aromatic heterocycles. The fourth-order valence-corrected chi connectivity index (χ4v) is 1.25. The van der Waals surface area contributed by atoms with Crippen LogP contribution in [0.2, 0.25) is 0 Å². The summed E-state index contributed by atoms with van der Waals surface area (Å²) in [6, 6.07) is 5.13. The average molecular weight is 226 g/mol. The fraction of sp³-hybridized carbons (Fsp3) is 0. The third-order valence-corrected chi connectivity index (χ3v) is 2.06. The third kappa shape index (κ3) is 3.06. The van der Waals surface area contributed by atoms with E-state index < -0.39 is 17.0 Å². The zero-order valence-corrected chi connectivity index (χ0v) is 8.01. The lowest BCUT2D eigenvalue weighted by Crippen LogP contribution is -2.01. The van der Waals surface area contributed by atoms with Gasteiger partial charge in [-0.3, -0.25) is 4.21 Å². The van der Waals surface area contributed by atoms with Crippen LogP contribution in [0, 0.1) is 0 Å². The number of hydrogen-bond donors (Lipinski definition) is 0. The highest BCUT2D eigenvalue weighted by Gasteiger charge is 2.06. The van der Waals surface area contributed by atoms with Crippen molar-refractivity contribution in [1.82, 2.24) is 0 Å². The molecular formula is C7H4N3O4S-. The highest BCUT2D eigenvalue weighted by atomic mass is 32.2. The molecule has 0 aliphatic heterocycles. The lowest BCUT2D eigenvalue weighted by atomic mass is 10.2. The molecular weight excluding hydrogens is 222 g/mol. The Bertz CT molecular complexity index is 455. The standard InChI is InChI=1S/C7H5N3O4S/c8-9-10-14-7(11)5-2-1-3-6(4-5)15(12)13/h1-4H,(H,12,13)/p-1. The first-order valence-electron chi connectivity index (χ1n) is 3.60. The molecule has 78 valence electrons. The van der Waals surface area contributed by atoms with E-state index in [0.29, 0.717) is 0 Å². The van der Waals surface area contributed by atoms with E-state index in [2.05, 4.69) is 15.0 Å². The molecule has 1 aromatic rings. The smallest absolute Gasteiger partial charge is 0.349 e. The van der Waals surface area contributed by atoms with Crippen LogP contribution in [0.15, 0.2) is 34.4 Å². The van der Waals surface area contributed by atoms with Gasteiger partial charge in [-0.1, -0.05) is 6.07 Å². The molecule has 15 heavy (non-hydrogen) atoms. The molecule has 0 spiro atoms. The van der Waals surface area contributed by atoms with Gasteiger partial charge in [-0.15, -0.1) is 0 Å². The van der Waals surface area contributed by atoms with Crippen LogP contribution in [0.5, 0.6) is 0 Å². The van der Waals surface area contributed by atoms with Gasteiger partial charge >= 0.3 is 5.97 Å². The van der Waals surface area contributed by atoms with Crippen LogP contribution in [0.1, 0.15) is 10.4 Å². The molecule has 0 saturated heterocycles. The van der Waals surface area contributed by atoms with Crippen molar-refractivity contribution in [2.75, 3.05) is 0 Å². The van der Waals surface area contributed by atoms with Gasteiger partial charge in [0.1, 0.15) is 5.28 Å². The molecule has 0 N–H and O–H groups in total. The zero-order valence-electron chi connectivity index (χ0n) is 7.19. The SMILES string of the molecule is [N-]=[N+]=NOC(=O)c1cccc(S(=O)[O-])c1. The molecule has 0 heterocycles. The predicted octanol–water partition coefficient (Wildman–Crippen LogP) is 1.31. The first kappa shape index (κ1) is 11.2. The summed E-state index contributed by atoms with van der Waals surface area (Å²) in [6.07, 6.45) is 0. The lowest BCUT2D eigenvalue weighted by Gasteiger charge is -2.05. The summed E-state index contributed by atoms with van der Waals surface area (Å²) < 4.78 is 21.1. The van der Waals surface area contributed by atoms with E-state index in [1.54, 1.807) is 0 Å². The topological polar surface area (TPSA) is 115 Å². The molecule has 1 atom stereocenters. The van der Waals surface area contributed by atoms with Crippen molar-refractivity contribution in [3.8, 4) is 0 Å². The van der Waals surface area contributed by atoms with Crippen molar-refractivity contribution in [2.45, 2.75) is 4.90 Å². The van der Waals surface area contributed by atoms with Crippen LogP contribution in [-0.2, 0) is 15.9 Å². The molecule has 0 saturated carbocycles. The maximum Gasteiger partial charge on any atom is 0.349 e. The molecule has 7 nitrogen and oxygen atoms in total. The van der Waals surface area contributed by atoms with Gasteiger partial charge in [0.05, 0.1) is 5.56 Å². The summed E-state index contributed by atoms with van der Waals surface area (Å²) in [5, 5.41) is 2.60. The van der Waals surface area contributed by atoms with Crippen LogP contribution < -0.4 is 0 Å². The van der Waals surface area contributed by atoms with Crippen molar-refractivity contribution in [3.63, 3.8) is 0 Å². The predicted molar refractivity (Wildman–Crippen MR) is 48.2 cm³/mol. The number of azide groups is 1. The first-order valence-corrected chi connectivity index (χ1v) is 4.67. The van der Waals surface area contributed by atoms with Crippen molar-refractivity contribution in [2.24, 2.45) is 5.28 Å². The number of hydrogen-bond acceptors (Lipinski definition) is 5. The fourth-order valence-electron chi connectivity index (χ4n) is 0.835. The van der Waals surface area contributed by atoms with E-state index in [9.17, 15) is 13.6 Å². The molecule has 1 unspecified atom stereocenters. The molecule has 0 bridgehead atoms. The number of carbonyl (C=O) groups excluding carboxylic acids is 1. The normalized spacial score (nSPS) is 11.3. The van der Waals surface area contributed by atoms with Crippen LogP contribution >= 0.6 is 0 Å². The number of nitrogens with zero attached hydrogens (tertiary/aromatic N) is 3. The molecule has 1 rings (SSSR count). The Morgan fingerprint density at radius 2 is 2.33 bits per heavy atom. The Labute approximate surface area is 86.5 Å². The third-order valence-electron chi connectivity index (χ3n) is 1.42. The monoisotopic (exact) mass is 226 g/mol. The van der Waals surface area contributed by atoms with Crippen LogP contribution in [-0.4, -0.2) is 14.7 Å². The minimum atomic E-state index is -2.42. The van der Waals surface area contributed by atoms with E-state index in [1.807, 2.05) is 0 Å². The molecule has 0 aliphatic carbocycles. The summed E-state index contributed by atoms with van der Waals surface area (Å²) in [5.41, 5.74) is 7.88. The largest absolute Gasteiger partial charge is 0.768 e. The molecule has 0 fully saturated rings. The maximum atomic E-state index is 11.1. The molecule has 0 amide bonds. The van der Waals surface area contributed by atoms with Crippen molar-refractivity contribution < 1.29 is 18.4 Å². The second-order valence-electron chi connectivity index (χ2n) is 2.31. The van der Waals surface area contributed by atoms with Crippen LogP contribution in [0.25, 0.3) is 10.4 Å². The van der Waals surface area contributed by atoms with E-state index in [1.165, 1.54) is 18.2 Å². The Hall–Kier alpha value is -1.89. The molecule has 8 heteroatoms. The van der Waals surface area contributed by atoms with E-state index in [0.717, 1.165) is 6.07 Å². The van der Waals surface area contributed by atoms with Gasteiger partial charge in [0.25, 0.3) is 0 Å². The number of benzene rings is 1. The summed E-state index contributed by atoms with van der Waals surface area (Å²) >= 11 is -2.42. The quantitative estimate of drug-likeness (QED) is 0.254. The van der Waals surface area contributed by atoms with Gasteiger partial charge in [0.15, 0.2) is 0 Å². The van der Waals surface area contributed by atoms with Gasteiger partial charge in [-0.05, 0) is 34.8 Å². The van der Waals surface area contributed by atoms with Gasteiger partial charge in [-0.2, -0.15) is 0 Å². The van der Waals surface area contributed by atoms with Crippen molar-refractivity contribution >= 4 is 17.0 Å². The Balaban J connectivity index is 2.94. The molecule has 0 aliphatic rings. The Kier molecular flexibility index (Phi) is 3.81. The minimum absolute atomic E-state index is 0.0101. The summed E-state index contributed by atoms with van der Waals surface area (Å²) in [6.45, 7) is 0. The van der Waals surface area contributed by atoms with Crippen molar-refractivity contribution in [1.29, 1.82) is 0 Å². The van der Waals surface area contributed by atoms with Crippen molar-refractivity contribution in [3.05, 3.63) is 40.3 Å². The van der Waals surface area contributed by atoms with Gasteiger partial charge in [0.2, 0.25) is 0 Å². The average Bonchev–Trinajstić information content (AvgIpc) is 2.26. The highest BCUT2D eigenvalue weighted by molar-refractivity contribution is 7.79. The summed E-state index contributed by atoms with van der Waals surface area (Å²) in [4.78, 5) is 17.3. The lowest BCUT2D eigenvalue weighted by molar-refractivity contribution is 0.0506. The molecule has 0 radical (unpaired) electrons. The summed E-state index contributed by atoms with van der Waals surface area (Å²) in [5.74, 6) is -0.917. The number of rotatable bonds is 3. The Morgan fingerprint density at radius 1 is 1.60 bits per heavy atom. The number of carbonyl (C=O) groups is 1. The van der Waals surface area contributed by atoms with E-state index >= 15 is 0 Å². The van der Waals surface area contributed by atoms with E-state index in [-0.39, 0.29) is 10.5 Å². The molecule has 1 aromatic carbocycles. The van der Waals surface area contributed by atoms with Gasteiger partial charge in [0, 0.05) is 9.81 Å². The van der Waals surface area contributed by atoms with E-state index in [4.69, 9.17) is 5.53 Å². The first-order chi connectivity index (χ1) is 7.15. The highest BCUT2D eigenvalue weighted by Crippen LogP contribution is 2.09. The second-order valence-corrected chi connectivity index (χ2v) is 3.25. The van der Waals surface area contributed by atoms with Crippen LogP contribution in [0.4, 0.5) is 0 Å². The minimum Gasteiger partial charge on any atom is -0.768 e. The van der Waals surface area contributed by atoms with Crippen LogP contribution in [0.3, 0.4) is 0 Å². The zero-order chi connectivity index (χ0) is 11.3. The summed E-state index contributed by atoms with van der Waals surface area (Å²) in [7, 11) is 0. The van der Waals surface area contributed by atoms with Gasteiger partial charge < -0.3 is 9.39 Å². The van der Waals surface area contributed by atoms with Gasteiger partial charge in [-0.25, -0.2) is 4.79 Å². The Morgan fingerprint density at radius 3 is 2.93 bits per heavy atom. The maximum absolute atomic E-state index is 11.1. The second kappa shape index (κ2) is 5.11.